The highest BCUT2D eigenvalue weighted by atomic mass is 35.5. The number of aryl methyl sites for hydroxylation is 1. The zero-order valence-corrected chi connectivity index (χ0v) is 9.61. The summed E-state index contributed by atoms with van der Waals surface area (Å²) < 4.78 is 0. The molecule has 0 aromatic carbocycles. The molecule has 0 saturated carbocycles. The Labute approximate surface area is 98.1 Å². The van der Waals surface area contributed by atoms with Gasteiger partial charge >= 0.3 is 0 Å². The maximum absolute atomic E-state index is 11.7. The summed E-state index contributed by atoms with van der Waals surface area (Å²) in [6.07, 6.45) is 0.358. The van der Waals surface area contributed by atoms with Crippen LogP contribution < -0.4 is 4.90 Å². The van der Waals surface area contributed by atoms with E-state index in [1.54, 1.807) is 17.9 Å². The van der Waals surface area contributed by atoms with Gasteiger partial charge in [-0.05, 0) is 6.92 Å². The first-order valence-electron chi connectivity index (χ1n) is 5.02. The zero-order valence-electron chi connectivity index (χ0n) is 8.85. The molecule has 1 atom stereocenters. The lowest BCUT2D eigenvalue weighted by molar-refractivity contribution is -0.117. The molecule has 1 fully saturated rings. The zero-order chi connectivity index (χ0) is 11.7. The van der Waals surface area contributed by atoms with E-state index in [0.717, 1.165) is 0 Å². The monoisotopic (exact) mass is 241 g/mol. The number of amides is 1. The number of aliphatic hydroxyl groups is 1. The molecule has 1 aliphatic heterocycles. The summed E-state index contributed by atoms with van der Waals surface area (Å²) in [7, 11) is 0. The van der Waals surface area contributed by atoms with Crippen molar-refractivity contribution >= 4 is 23.3 Å². The van der Waals surface area contributed by atoms with Crippen molar-refractivity contribution in [2.24, 2.45) is 5.92 Å². The van der Waals surface area contributed by atoms with Crippen molar-refractivity contribution in [1.82, 2.24) is 9.97 Å². The van der Waals surface area contributed by atoms with Crippen molar-refractivity contribution in [3.63, 3.8) is 0 Å². The van der Waals surface area contributed by atoms with Crippen molar-refractivity contribution in [2.45, 2.75) is 13.3 Å². The number of rotatable bonds is 2. The molecule has 5 nitrogen and oxygen atoms in total. The molecular weight excluding hydrogens is 230 g/mol. The van der Waals surface area contributed by atoms with E-state index in [4.69, 9.17) is 16.7 Å². The number of anilines is 1. The molecule has 0 aliphatic carbocycles. The predicted molar refractivity (Wildman–Crippen MR) is 59.3 cm³/mol. The molecule has 2 rings (SSSR count). The molecule has 1 N–H and O–H groups in total. The second kappa shape index (κ2) is 4.35. The van der Waals surface area contributed by atoms with Crippen LogP contribution in [0.4, 0.5) is 5.82 Å². The summed E-state index contributed by atoms with van der Waals surface area (Å²) in [6.45, 7) is 2.22. The molecule has 0 spiro atoms. The van der Waals surface area contributed by atoms with Crippen molar-refractivity contribution in [1.29, 1.82) is 0 Å². The molecule has 1 aromatic rings. The number of carbonyl (C=O) groups excluding carboxylic acids is 1. The largest absolute Gasteiger partial charge is 0.396 e. The fourth-order valence-electron chi connectivity index (χ4n) is 1.78. The molecule has 0 bridgehead atoms. The lowest BCUT2D eigenvalue weighted by atomic mass is 10.1. The van der Waals surface area contributed by atoms with Crippen LogP contribution in [-0.4, -0.2) is 34.1 Å². The third-order valence-corrected chi connectivity index (χ3v) is 2.73. The molecular formula is C10H12ClN3O2. The lowest BCUT2D eigenvalue weighted by Crippen LogP contribution is -2.26. The molecule has 2 heterocycles. The summed E-state index contributed by atoms with van der Waals surface area (Å²) in [5.41, 5.74) is 0. The third kappa shape index (κ3) is 2.15. The van der Waals surface area contributed by atoms with Gasteiger partial charge in [0.25, 0.3) is 0 Å². The number of hydrogen-bond donors (Lipinski definition) is 1. The topological polar surface area (TPSA) is 66.3 Å². The summed E-state index contributed by atoms with van der Waals surface area (Å²) in [5.74, 6) is 0.996. The van der Waals surface area contributed by atoms with Crippen LogP contribution in [0, 0.1) is 12.8 Å². The quantitative estimate of drug-likeness (QED) is 0.778. The minimum Gasteiger partial charge on any atom is -0.396 e. The Kier molecular flexibility index (Phi) is 3.07. The highest BCUT2D eigenvalue weighted by Crippen LogP contribution is 2.24. The molecule has 86 valence electrons. The van der Waals surface area contributed by atoms with Crippen LogP contribution in [0.15, 0.2) is 6.07 Å². The second-order valence-electron chi connectivity index (χ2n) is 3.85. The third-order valence-electron chi connectivity index (χ3n) is 2.53. The van der Waals surface area contributed by atoms with Gasteiger partial charge in [0.15, 0.2) is 0 Å². The van der Waals surface area contributed by atoms with E-state index in [2.05, 4.69) is 9.97 Å². The molecule has 1 aliphatic rings. The molecule has 1 unspecified atom stereocenters. The Morgan fingerprint density at radius 1 is 1.62 bits per heavy atom. The highest BCUT2D eigenvalue weighted by molar-refractivity contribution is 6.29. The Balaban J connectivity index is 2.27. The molecule has 0 radical (unpaired) electrons. The molecule has 1 saturated heterocycles. The van der Waals surface area contributed by atoms with Crippen molar-refractivity contribution in [2.75, 3.05) is 18.1 Å². The number of hydrogen-bond acceptors (Lipinski definition) is 4. The van der Waals surface area contributed by atoms with Crippen LogP contribution in [-0.2, 0) is 4.79 Å². The number of aromatic nitrogens is 2. The summed E-state index contributed by atoms with van der Waals surface area (Å²) in [5, 5.41) is 9.34. The smallest absolute Gasteiger partial charge is 0.228 e. The van der Waals surface area contributed by atoms with E-state index in [1.807, 2.05) is 0 Å². The van der Waals surface area contributed by atoms with Crippen LogP contribution >= 0.6 is 11.6 Å². The molecule has 16 heavy (non-hydrogen) atoms. The van der Waals surface area contributed by atoms with Gasteiger partial charge in [0.05, 0.1) is 0 Å². The normalized spacial score (nSPS) is 20.6. The van der Waals surface area contributed by atoms with Gasteiger partial charge < -0.3 is 5.11 Å². The lowest BCUT2D eigenvalue weighted by Gasteiger charge is -2.15. The molecule has 6 heteroatoms. The first-order valence-corrected chi connectivity index (χ1v) is 5.40. The van der Waals surface area contributed by atoms with Crippen molar-refractivity contribution in [3.05, 3.63) is 17.0 Å². The maximum Gasteiger partial charge on any atom is 0.228 e. The summed E-state index contributed by atoms with van der Waals surface area (Å²) >= 11 is 5.81. The van der Waals surface area contributed by atoms with Gasteiger partial charge in [0, 0.05) is 31.6 Å². The van der Waals surface area contributed by atoms with E-state index in [-0.39, 0.29) is 18.4 Å². The van der Waals surface area contributed by atoms with Crippen LogP contribution in [0.2, 0.25) is 5.15 Å². The average molecular weight is 242 g/mol. The second-order valence-corrected chi connectivity index (χ2v) is 4.24. The van der Waals surface area contributed by atoms with Crippen LogP contribution in [0.5, 0.6) is 0 Å². The Hall–Kier alpha value is -1.20. The van der Waals surface area contributed by atoms with E-state index < -0.39 is 0 Å². The van der Waals surface area contributed by atoms with E-state index in [9.17, 15) is 4.79 Å². The van der Waals surface area contributed by atoms with Gasteiger partial charge in [-0.3, -0.25) is 9.69 Å². The number of carbonyl (C=O) groups is 1. The summed E-state index contributed by atoms with van der Waals surface area (Å²) in [6, 6.07) is 1.56. The van der Waals surface area contributed by atoms with Gasteiger partial charge in [0.1, 0.15) is 16.8 Å². The van der Waals surface area contributed by atoms with Crippen LogP contribution in [0.1, 0.15) is 12.2 Å². The van der Waals surface area contributed by atoms with E-state index in [0.29, 0.717) is 29.8 Å². The SMILES string of the molecule is Cc1nc(Cl)cc(N2CC(CO)CC2=O)n1. The average Bonchev–Trinajstić information content (AvgIpc) is 2.58. The van der Waals surface area contributed by atoms with Gasteiger partial charge in [0.2, 0.25) is 5.91 Å². The minimum atomic E-state index is -0.0341. The Morgan fingerprint density at radius 2 is 2.38 bits per heavy atom. The summed E-state index contributed by atoms with van der Waals surface area (Å²) in [4.78, 5) is 21.3. The van der Waals surface area contributed by atoms with E-state index in [1.165, 1.54) is 0 Å². The van der Waals surface area contributed by atoms with Gasteiger partial charge in [-0.25, -0.2) is 9.97 Å². The predicted octanol–water partition coefficient (Wildman–Crippen LogP) is 0.784. The fourth-order valence-corrected chi connectivity index (χ4v) is 2.00. The van der Waals surface area contributed by atoms with Crippen LogP contribution in [0.25, 0.3) is 0 Å². The van der Waals surface area contributed by atoms with Crippen molar-refractivity contribution in [3.8, 4) is 0 Å². The molecule has 1 amide bonds. The Bertz CT molecular complexity index is 404. The minimum absolute atomic E-state index is 0.0125. The van der Waals surface area contributed by atoms with Gasteiger partial charge in [-0.2, -0.15) is 0 Å². The fraction of sp³-hybridized carbons (Fsp3) is 0.500. The number of aliphatic hydroxyl groups excluding tert-OH is 1. The Morgan fingerprint density at radius 3 is 2.94 bits per heavy atom. The van der Waals surface area contributed by atoms with Crippen molar-refractivity contribution < 1.29 is 9.90 Å². The number of nitrogens with zero attached hydrogens (tertiary/aromatic N) is 3. The van der Waals surface area contributed by atoms with Crippen LogP contribution in [0.3, 0.4) is 0 Å². The molecule has 1 aromatic heterocycles. The first kappa shape index (κ1) is 11.3. The standard InChI is InChI=1S/C10H12ClN3O2/c1-6-12-8(11)3-9(13-6)14-4-7(5-15)2-10(14)16/h3,7,15H,2,4-5H2,1H3. The number of halogens is 1. The first-order chi connectivity index (χ1) is 7.60. The van der Waals surface area contributed by atoms with Gasteiger partial charge in [-0.1, -0.05) is 11.6 Å². The van der Waals surface area contributed by atoms with Gasteiger partial charge in [-0.15, -0.1) is 0 Å². The highest BCUT2D eigenvalue weighted by Gasteiger charge is 2.31. The maximum atomic E-state index is 11.7. The van der Waals surface area contributed by atoms with E-state index >= 15 is 0 Å².